The number of ether oxygens (including phenoxy) is 1. The molecule has 102 valence electrons. The molecule has 3 nitrogen and oxygen atoms in total. The zero-order valence-corrected chi connectivity index (χ0v) is 11.6. The lowest BCUT2D eigenvalue weighted by Crippen LogP contribution is -2.15. The summed E-state index contributed by atoms with van der Waals surface area (Å²) < 4.78 is 7.42. The molecule has 0 bridgehead atoms. The average Bonchev–Trinajstić information content (AvgIpc) is 3.18. The van der Waals surface area contributed by atoms with E-state index in [1.54, 1.807) is 7.11 Å². The maximum absolute atomic E-state index is 5.11. The lowest BCUT2D eigenvalue weighted by atomic mass is 10.1. The van der Waals surface area contributed by atoms with Gasteiger partial charge in [-0.2, -0.15) is 0 Å². The standard InChI is InChI=1S/C16H22N2O/c1-19-10-2-8-18-9-7-14-11-13(3-6-16(14)18)12-17-15-4-5-15/h3,6-7,9,11,15,17H,2,4-5,8,10,12H2,1H3. The molecule has 0 radical (unpaired) electrons. The molecule has 1 aliphatic rings. The van der Waals surface area contributed by atoms with E-state index in [9.17, 15) is 0 Å². The van der Waals surface area contributed by atoms with Crippen LogP contribution in [0.1, 0.15) is 24.8 Å². The van der Waals surface area contributed by atoms with Crippen molar-refractivity contribution in [3.8, 4) is 0 Å². The second-order valence-electron chi connectivity index (χ2n) is 5.40. The molecular weight excluding hydrogens is 236 g/mol. The van der Waals surface area contributed by atoms with Crippen LogP contribution < -0.4 is 5.32 Å². The van der Waals surface area contributed by atoms with Gasteiger partial charge >= 0.3 is 0 Å². The van der Waals surface area contributed by atoms with Crippen LogP contribution in [0.5, 0.6) is 0 Å². The van der Waals surface area contributed by atoms with Crippen LogP contribution in [-0.4, -0.2) is 24.3 Å². The zero-order chi connectivity index (χ0) is 13.1. The topological polar surface area (TPSA) is 26.2 Å². The summed E-state index contributed by atoms with van der Waals surface area (Å²) in [6.07, 6.45) is 5.93. The predicted molar refractivity (Wildman–Crippen MR) is 78.3 cm³/mol. The highest BCUT2D eigenvalue weighted by molar-refractivity contribution is 5.80. The van der Waals surface area contributed by atoms with E-state index in [1.165, 1.54) is 29.3 Å². The Labute approximate surface area is 114 Å². The van der Waals surface area contributed by atoms with E-state index in [0.29, 0.717) is 0 Å². The van der Waals surface area contributed by atoms with Gasteiger partial charge in [-0.15, -0.1) is 0 Å². The summed E-state index contributed by atoms with van der Waals surface area (Å²) in [6.45, 7) is 2.84. The highest BCUT2D eigenvalue weighted by Crippen LogP contribution is 2.21. The number of benzene rings is 1. The monoisotopic (exact) mass is 258 g/mol. The number of aryl methyl sites for hydroxylation is 1. The molecule has 0 amide bonds. The first-order chi connectivity index (χ1) is 9.36. The second kappa shape index (κ2) is 5.76. The van der Waals surface area contributed by atoms with E-state index in [4.69, 9.17) is 4.74 Å². The Morgan fingerprint density at radius 2 is 2.21 bits per heavy atom. The van der Waals surface area contributed by atoms with Crippen molar-refractivity contribution in [2.45, 2.75) is 38.4 Å². The van der Waals surface area contributed by atoms with Crippen molar-refractivity contribution in [1.29, 1.82) is 0 Å². The maximum Gasteiger partial charge on any atom is 0.0480 e. The Balaban J connectivity index is 1.69. The van der Waals surface area contributed by atoms with Gasteiger partial charge in [-0.3, -0.25) is 0 Å². The minimum absolute atomic E-state index is 0.773. The van der Waals surface area contributed by atoms with Crippen molar-refractivity contribution >= 4 is 10.9 Å². The third-order valence-corrected chi connectivity index (χ3v) is 3.76. The minimum atomic E-state index is 0.773. The fraction of sp³-hybridized carbons (Fsp3) is 0.500. The molecule has 1 saturated carbocycles. The van der Waals surface area contributed by atoms with Gasteiger partial charge < -0.3 is 14.6 Å². The molecule has 0 atom stereocenters. The molecule has 1 N–H and O–H groups in total. The van der Waals surface area contributed by atoms with E-state index in [2.05, 4.69) is 40.3 Å². The fourth-order valence-corrected chi connectivity index (χ4v) is 2.48. The van der Waals surface area contributed by atoms with E-state index >= 15 is 0 Å². The quantitative estimate of drug-likeness (QED) is 0.773. The number of rotatable bonds is 7. The van der Waals surface area contributed by atoms with Crippen molar-refractivity contribution < 1.29 is 4.74 Å². The molecule has 1 heterocycles. The minimum Gasteiger partial charge on any atom is -0.385 e. The van der Waals surface area contributed by atoms with Gasteiger partial charge in [0, 0.05) is 44.6 Å². The SMILES string of the molecule is COCCCn1ccc2cc(CNC3CC3)ccc21. The van der Waals surface area contributed by atoms with Crippen LogP contribution in [0.25, 0.3) is 10.9 Å². The Morgan fingerprint density at radius 3 is 3.00 bits per heavy atom. The molecule has 0 spiro atoms. The van der Waals surface area contributed by atoms with E-state index in [0.717, 1.165) is 32.2 Å². The molecule has 3 rings (SSSR count). The number of methoxy groups -OCH3 is 1. The number of nitrogens with zero attached hydrogens (tertiary/aromatic N) is 1. The number of hydrogen-bond acceptors (Lipinski definition) is 2. The average molecular weight is 258 g/mol. The molecule has 0 saturated heterocycles. The predicted octanol–water partition coefficient (Wildman–Crippen LogP) is 2.93. The van der Waals surface area contributed by atoms with Crippen LogP contribution in [0.2, 0.25) is 0 Å². The molecule has 2 aromatic rings. The first-order valence-corrected chi connectivity index (χ1v) is 7.17. The van der Waals surface area contributed by atoms with Gasteiger partial charge in [0.2, 0.25) is 0 Å². The summed E-state index contributed by atoms with van der Waals surface area (Å²) in [5, 5.41) is 4.90. The van der Waals surface area contributed by atoms with Crippen LogP contribution in [0.15, 0.2) is 30.5 Å². The first-order valence-electron chi connectivity index (χ1n) is 7.17. The maximum atomic E-state index is 5.11. The third kappa shape index (κ3) is 3.17. The van der Waals surface area contributed by atoms with Crippen molar-refractivity contribution in [2.24, 2.45) is 0 Å². The van der Waals surface area contributed by atoms with Gasteiger partial charge in [-0.1, -0.05) is 6.07 Å². The third-order valence-electron chi connectivity index (χ3n) is 3.76. The van der Waals surface area contributed by atoms with Crippen LogP contribution in [0.4, 0.5) is 0 Å². The van der Waals surface area contributed by atoms with Gasteiger partial charge in [-0.25, -0.2) is 0 Å². The van der Waals surface area contributed by atoms with Crippen molar-refractivity contribution in [1.82, 2.24) is 9.88 Å². The van der Waals surface area contributed by atoms with Crippen molar-refractivity contribution in [3.63, 3.8) is 0 Å². The normalized spacial score (nSPS) is 15.2. The van der Waals surface area contributed by atoms with Crippen molar-refractivity contribution in [3.05, 3.63) is 36.0 Å². The van der Waals surface area contributed by atoms with E-state index < -0.39 is 0 Å². The summed E-state index contributed by atoms with van der Waals surface area (Å²) in [5.41, 5.74) is 2.71. The van der Waals surface area contributed by atoms with Gasteiger partial charge in [0.05, 0.1) is 0 Å². The van der Waals surface area contributed by atoms with Gasteiger partial charge in [0.15, 0.2) is 0 Å². The summed E-state index contributed by atoms with van der Waals surface area (Å²) in [6, 6.07) is 9.77. The van der Waals surface area contributed by atoms with E-state index in [-0.39, 0.29) is 0 Å². The Hall–Kier alpha value is -1.32. The molecule has 0 unspecified atom stereocenters. The Bertz CT molecular complexity index is 543. The molecule has 1 aromatic heterocycles. The number of nitrogens with one attached hydrogen (secondary N) is 1. The second-order valence-corrected chi connectivity index (χ2v) is 5.40. The van der Waals surface area contributed by atoms with Crippen LogP contribution in [0.3, 0.4) is 0 Å². The fourth-order valence-electron chi connectivity index (χ4n) is 2.48. The van der Waals surface area contributed by atoms with Gasteiger partial charge in [0.25, 0.3) is 0 Å². The smallest absolute Gasteiger partial charge is 0.0480 e. The number of fused-ring (bicyclic) bond motifs is 1. The van der Waals surface area contributed by atoms with Crippen LogP contribution in [-0.2, 0) is 17.8 Å². The molecule has 0 aliphatic heterocycles. The van der Waals surface area contributed by atoms with Gasteiger partial charge in [-0.05, 0) is 48.4 Å². The first kappa shape index (κ1) is 12.7. The van der Waals surface area contributed by atoms with E-state index in [1.807, 2.05) is 0 Å². The summed E-state index contributed by atoms with van der Waals surface area (Å²) in [4.78, 5) is 0. The van der Waals surface area contributed by atoms with Crippen molar-refractivity contribution in [2.75, 3.05) is 13.7 Å². The Kier molecular flexibility index (Phi) is 3.85. The number of aromatic nitrogens is 1. The molecule has 1 aliphatic carbocycles. The zero-order valence-electron chi connectivity index (χ0n) is 11.6. The summed E-state index contributed by atoms with van der Waals surface area (Å²) in [7, 11) is 1.76. The number of hydrogen-bond donors (Lipinski definition) is 1. The highest BCUT2D eigenvalue weighted by atomic mass is 16.5. The summed E-state index contributed by atoms with van der Waals surface area (Å²) in [5.74, 6) is 0. The molecule has 1 fully saturated rings. The largest absolute Gasteiger partial charge is 0.385 e. The molecular formula is C16H22N2O. The lowest BCUT2D eigenvalue weighted by Gasteiger charge is -2.07. The van der Waals surface area contributed by atoms with Crippen LogP contribution >= 0.6 is 0 Å². The molecule has 19 heavy (non-hydrogen) atoms. The van der Waals surface area contributed by atoms with Gasteiger partial charge in [0.1, 0.15) is 0 Å². The Morgan fingerprint density at radius 1 is 1.32 bits per heavy atom. The summed E-state index contributed by atoms with van der Waals surface area (Å²) >= 11 is 0. The highest BCUT2D eigenvalue weighted by Gasteiger charge is 2.19. The lowest BCUT2D eigenvalue weighted by molar-refractivity contribution is 0.190. The van der Waals surface area contributed by atoms with Crippen LogP contribution in [0, 0.1) is 0 Å². The molecule has 1 aromatic carbocycles. The molecule has 3 heteroatoms.